The van der Waals surface area contributed by atoms with Gasteiger partial charge in [-0.1, -0.05) is 18.2 Å². The standard InChI is InChI=1S/C25H26ClFN6O/c1-3-21(34)15-17-14-18(27)4-9-23(17)30-24-22(26)16-28-25(31-24)29-19-5-7-20(8-6-19)33-12-10-32(2)11-13-33/h3-9,14,16H,1,10-13,15H2,2H3,(H2,28,29,30,31). The molecule has 1 aliphatic rings. The number of nitrogens with zero attached hydrogens (tertiary/aromatic N) is 4. The van der Waals surface area contributed by atoms with Crippen LogP contribution in [0.5, 0.6) is 0 Å². The zero-order valence-electron chi connectivity index (χ0n) is 18.9. The second-order valence-corrected chi connectivity index (χ2v) is 8.53. The Kier molecular flexibility index (Phi) is 7.40. The summed E-state index contributed by atoms with van der Waals surface area (Å²) in [6.45, 7) is 7.57. The number of anilines is 5. The zero-order valence-corrected chi connectivity index (χ0v) is 19.6. The molecule has 0 bridgehead atoms. The molecule has 0 atom stereocenters. The van der Waals surface area contributed by atoms with Gasteiger partial charge in [0, 0.05) is 49.7 Å². The van der Waals surface area contributed by atoms with E-state index in [-0.39, 0.29) is 12.2 Å². The molecule has 0 aliphatic carbocycles. The van der Waals surface area contributed by atoms with E-state index in [4.69, 9.17) is 11.6 Å². The first-order valence-electron chi connectivity index (χ1n) is 10.9. The van der Waals surface area contributed by atoms with Crippen LogP contribution in [0.4, 0.5) is 33.2 Å². The lowest BCUT2D eigenvalue weighted by atomic mass is 10.1. The normalized spacial score (nSPS) is 14.0. The number of carbonyl (C=O) groups excluding carboxylic acids is 1. The van der Waals surface area contributed by atoms with Crippen LogP contribution in [-0.4, -0.2) is 53.9 Å². The third-order valence-electron chi connectivity index (χ3n) is 5.65. The summed E-state index contributed by atoms with van der Waals surface area (Å²) in [6, 6.07) is 12.3. The van der Waals surface area contributed by atoms with Crippen LogP contribution in [0.1, 0.15) is 5.56 Å². The Bertz CT molecular complexity index is 1180. The molecule has 1 fully saturated rings. The fraction of sp³-hybridized carbons (Fsp3) is 0.240. The maximum Gasteiger partial charge on any atom is 0.229 e. The van der Waals surface area contributed by atoms with Crippen LogP contribution in [-0.2, 0) is 11.2 Å². The number of likely N-dealkylation sites (N-methyl/N-ethyl adjacent to an activating group) is 1. The molecular weight excluding hydrogens is 455 g/mol. The summed E-state index contributed by atoms with van der Waals surface area (Å²) in [4.78, 5) is 25.2. The number of hydrogen-bond donors (Lipinski definition) is 2. The van der Waals surface area contributed by atoms with Crippen LogP contribution in [0.25, 0.3) is 0 Å². The molecular formula is C25H26ClFN6O. The quantitative estimate of drug-likeness (QED) is 0.448. The van der Waals surface area contributed by atoms with Gasteiger partial charge in [0.1, 0.15) is 10.8 Å². The molecule has 0 spiro atoms. The Labute approximate surface area is 203 Å². The van der Waals surface area contributed by atoms with Gasteiger partial charge in [0.05, 0.1) is 6.20 Å². The molecule has 4 rings (SSSR count). The highest BCUT2D eigenvalue weighted by Gasteiger charge is 2.15. The van der Waals surface area contributed by atoms with Crippen molar-refractivity contribution in [3.8, 4) is 0 Å². The first-order valence-corrected chi connectivity index (χ1v) is 11.3. The van der Waals surface area contributed by atoms with E-state index in [1.54, 1.807) is 6.07 Å². The Morgan fingerprint density at radius 3 is 2.59 bits per heavy atom. The van der Waals surface area contributed by atoms with E-state index in [2.05, 4.69) is 56.2 Å². The van der Waals surface area contributed by atoms with Crippen molar-refractivity contribution in [1.29, 1.82) is 0 Å². The van der Waals surface area contributed by atoms with Crippen LogP contribution in [0.2, 0.25) is 5.02 Å². The molecule has 1 aromatic heterocycles. The van der Waals surface area contributed by atoms with Crippen molar-refractivity contribution in [3.05, 3.63) is 77.7 Å². The molecule has 3 aromatic rings. The highest BCUT2D eigenvalue weighted by atomic mass is 35.5. The van der Waals surface area contributed by atoms with Crippen LogP contribution in [0, 0.1) is 5.82 Å². The zero-order chi connectivity index (χ0) is 24.1. The number of ketones is 1. The molecule has 34 heavy (non-hydrogen) atoms. The second kappa shape index (κ2) is 10.6. The van der Waals surface area contributed by atoms with Crippen molar-refractivity contribution in [2.75, 3.05) is 48.8 Å². The van der Waals surface area contributed by atoms with Crippen molar-refractivity contribution >= 4 is 46.2 Å². The van der Waals surface area contributed by atoms with Gasteiger partial charge in [0.15, 0.2) is 11.6 Å². The molecule has 1 saturated heterocycles. The van der Waals surface area contributed by atoms with Gasteiger partial charge in [-0.05, 0) is 61.2 Å². The van der Waals surface area contributed by atoms with E-state index in [1.165, 1.54) is 30.1 Å². The van der Waals surface area contributed by atoms with E-state index in [1.807, 2.05) is 12.1 Å². The van der Waals surface area contributed by atoms with Crippen molar-refractivity contribution in [1.82, 2.24) is 14.9 Å². The van der Waals surface area contributed by atoms with Crippen molar-refractivity contribution in [3.63, 3.8) is 0 Å². The fourth-order valence-corrected chi connectivity index (χ4v) is 3.82. The molecule has 0 saturated carbocycles. The molecule has 7 nitrogen and oxygen atoms in total. The van der Waals surface area contributed by atoms with E-state index >= 15 is 0 Å². The minimum Gasteiger partial charge on any atom is -0.369 e. The topological polar surface area (TPSA) is 73.4 Å². The van der Waals surface area contributed by atoms with E-state index in [9.17, 15) is 9.18 Å². The van der Waals surface area contributed by atoms with Gasteiger partial charge >= 0.3 is 0 Å². The predicted octanol–water partition coefficient (Wildman–Crippen LogP) is 4.81. The molecule has 0 amide bonds. The number of halogens is 2. The lowest BCUT2D eigenvalue weighted by Crippen LogP contribution is -2.44. The Morgan fingerprint density at radius 2 is 1.88 bits per heavy atom. The monoisotopic (exact) mass is 480 g/mol. The first-order chi connectivity index (χ1) is 16.4. The van der Waals surface area contributed by atoms with Gasteiger partial charge in [-0.3, -0.25) is 4.79 Å². The van der Waals surface area contributed by atoms with Crippen LogP contribution in [0.15, 0.2) is 61.3 Å². The fourth-order valence-electron chi connectivity index (χ4n) is 3.68. The number of benzene rings is 2. The summed E-state index contributed by atoms with van der Waals surface area (Å²) >= 11 is 6.30. The Hall–Kier alpha value is -3.49. The number of carbonyl (C=O) groups is 1. The summed E-state index contributed by atoms with van der Waals surface area (Å²) in [7, 11) is 2.14. The number of allylic oxidation sites excluding steroid dienone is 1. The number of piperazine rings is 1. The van der Waals surface area contributed by atoms with Crippen molar-refractivity contribution < 1.29 is 9.18 Å². The summed E-state index contributed by atoms with van der Waals surface area (Å²) in [5.41, 5.74) is 3.02. The van der Waals surface area contributed by atoms with E-state index < -0.39 is 5.82 Å². The van der Waals surface area contributed by atoms with Gasteiger partial charge in [0.25, 0.3) is 0 Å². The molecule has 1 aliphatic heterocycles. The largest absolute Gasteiger partial charge is 0.369 e. The lowest BCUT2D eigenvalue weighted by Gasteiger charge is -2.34. The number of hydrogen-bond acceptors (Lipinski definition) is 7. The van der Waals surface area contributed by atoms with Gasteiger partial charge in [0.2, 0.25) is 5.95 Å². The first kappa shape index (κ1) is 23.7. The van der Waals surface area contributed by atoms with E-state index in [0.717, 1.165) is 31.9 Å². The maximum absolute atomic E-state index is 13.8. The Balaban J connectivity index is 1.49. The van der Waals surface area contributed by atoms with Gasteiger partial charge in [-0.2, -0.15) is 4.98 Å². The number of nitrogens with one attached hydrogen (secondary N) is 2. The highest BCUT2D eigenvalue weighted by Crippen LogP contribution is 2.28. The van der Waals surface area contributed by atoms with Crippen LogP contribution in [0.3, 0.4) is 0 Å². The average Bonchev–Trinajstić information content (AvgIpc) is 2.84. The number of aromatic nitrogens is 2. The predicted molar refractivity (Wildman–Crippen MR) is 135 cm³/mol. The third-order valence-corrected chi connectivity index (χ3v) is 5.93. The smallest absolute Gasteiger partial charge is 0.229 e. The Morgan fingerprint density at radius 1 is 1.15 bits per heavy atom. The van der Waals surface area contributed by atoms with Gasteiger partial charge in [-0.15, -0.1) is 0 Å². The van der Waals surface area contributed by atoms with Crippen LogP contribution < -0.4 is 15.5 Å². The molecule has 176 valence electrons. The van der Waals surface area contributed by atoms with Gasteiger partial charge in [-0.25, -0.2) is 9.37 Å². The lowest BCUT2D eigenvalue weighted by molar-refractivity contribution is -0.114. The molecule has 0 unspecified atom stereocenters. The molecule has 9 heteroatoms. The summed E-state index contributed by atoms with van der Waals surface area (Å²) in [5, 5.41) is 6.57. The summed E-state index contributed by atoms with van der Waals surface area (Å²) in [6.07, 6.45) is 2.70. The van der Waals surface area contributed by atoms with Gasteiger partial charge < -0.3 is 20.4 Å². The maximum atomic E-state index is 13.8. The SMILES string of the molecule is C=CC(=O)Cc1cc(F)ccc1Nc1nc(Nc2ccc(N3CCN(C)CC3)cc2)ncc1Cl. The molecule has 2 N–H and O–H groups in total. The minimum atomic E-state index is -0.437. The summed E-state index contributed by atoms with van der Waals surface area (Å²) in [5.74, 6) is 0.0376. The molecule has 2 heterocycles. The minimum absolute atomic E-state index is 0.0110. The average molecular weight is 481 g/mol. The van der Waals surface area contributed by atoms with Crippen molar-refractivity contribution in [2.45, 2.75) is 6.42 Å². The highest BCUT2D eigenvalue weighted by molar-refractivity contribution is 6.32. The second-order valence-electron chi connectivity index (χ2n) is 8.13. The molecule has 2 aromatic carbocycles. The van der Waals surface area contributed by atoms with Crippen LogP contribution >= 0.6 is 11.6 Å². The third kappa shape index (κ3) is 5.89. The molecule has 0 radical (unpaired) electrons. The number of rotatable bonds is 8. The van der Waals surface area contributed by atoms with E-state index in [0.29, 0.717) is 28.0 Å². The summed E-state index contributed by atoms with van der Waals surface area (Å²) < 4.78 is 13.8. The van der Waals surface area contributed by atoms with Crippen molar-refractivity contribution in [2.24, 2.45) is 0 Å².